The van der Waals surface area contributed by atoms with Gasteiger partial charge >= 0.3 is 0 Å². The summed E-state index contributed by atoms with van der Waals surface area (Å²) in [4.78, 5) is 25.5. The quantitative estimate of drug-likeness (QED) is 0.914. The topological polar surface area (TPSA) is 49.4 Å². The number of nitrogens with zero attached hydrogens (tertiary/aromatic N) is 1. The van der Waals surface area contributed by atoms with Crippen molar-refractivity contribution in [1.82, 2.24) is 4.90 Å². The van der Waals surface area contributed by atoms with Crippen molar-refractivity contribution < 1.29 is 14.0 Å². The van der Waals surface area contributed by atoms with E-state index in [1.807, 2.05) is 32.0 Å². The van der Waals surface area contributed by atoms with Crippen molar-refractivity contribution in [3.63, 3.8) is 0 Å². The number of carbonyl (C=O) groups excluding carboxylic acids is 2. The van der Waals surface area contributed by atoms with Gasteiger partial charge in [0.25, 0.3) is 0 Å². The Morgan fingerprint density at radius 2 is 1.75 bits per heavy atom. The van der Waals surface area contributed by atoms with Gasteiger partial charge in [-0.2, -0.15) is 0 Å². The number of hydrogen-bond donors (Lipinski definition) is 1. The summed E-state index contributed by atoms with van der Waals surface area (Å²) in [5, 5.41) is 2.84. The van der Waals surface area contributed by atoms with Gasteiger partial charge in [0, 0.05) is 19.2 Å². The van der Waals surface area contributed by atoms with Crippen molar-refractivity contribution in [2.24, 2.45) is 0 Å². The zero-order valence-electron chi connectivity index (χ0n) is 14.1. The minimum atomic E-state index is -0.333. The molecule has 1 N–H and O–H groups in total. The summed E-state index contributed by atoms with van der Waals surface area (Å²) >= 11 is 0. The third-order valence-electron chi connectivity index (χ3n) is 3.73. The number of benzene rings is 2. The molecule has 0 spiro atoms. The first-order chi connectivity index (χ1) is 11.3. The van der Waals surface area contributed by atoms with E-state index in [1.165, 1.54) is 24.0 Å². The Morgan fingerprint density at radius 1 is 1.08 bits per heavy atom. The van der Waals surface area contributed by atoms with E-state index in [0.29, 0.717) is 0 Å². The molecule has 0 fully saturated rings. The lowest BCUT2D eigenvalue weighted by Crippen LogP contribution is -2.36. The van der Waals surface area contributed by atoms with E-state index in [4.69, 9.17) is 0 Å². The van der Waals surface area contributed by atoms with Crippen molar-refractivity contribution in [2.75, 3.05) is 11.9 Å². The summed E-state index contributed by atoms with van der Waals surface area (Å²) in [6.07, 6.45) is 0. The molecule has 0 aliphatic heterocycles. The van der Waals surface area contributed by atoms with Crippen LogP contribution in [0.15, 0.2) is 42.5 Å². The van der Waals surface area contributed by atoms with E-state index < -0.39 is 0 Å². The van der Waals surface area contributed by atoms with Gasteiger partial charge in [-0.3, -0.25) is 9.59 Å². The lowest BCUT2D eigenvalue weighted by Gasteiger charge is -2.21. The summed E-state index contributed by atoms with van der Waals surface area (Å²) < 4.78 is 13.0. The fraction of sp³-hybridized carbons (Fsp3) is 0.263. The number of rotatable bonds is 5. The molecule has 0 aromatic heterocycles. The van der Waals surface area contributed by atoms with Gasteiger partial charge in [-0.25, -0.2) is 4.39 Å². The van der Waals surface area contributed by atoms with Gasteiger partial charge in [0.15, 0.2) is 0 Å². The van der Waals surface area contributed by atoms with Crippen LogP contribution in [0, 0.1) is 19.7 Å². The van der Waals surface area contributed by atoms with Crippen molar-refractivity contribution >= 4 is 17.5 Å². The van der Waals surface area contributed by atoms with Gasteiger partial charge in [-0.1, -0.05) is 24.3 Å². The highest BCUT2D eigenvalue weighted by atomic mass is 19.1. The molecule has 2 rings (SSSR count). The first-order valence-corrected chi connectivity index (χ1v) is 7.72. The van der Waals surface area contributed by atoms with Gasteiger partial charge in [0.1, 0.15) is 12.4 Å². The van der Waals surface area contributed by atoms with Gasteiger partial charge in [0.2, 0.25) is 11.8 Å². The normalized spacial score (nSPS) is 10.3. The second-order valence-corrected chi connectivity index (χ2v) is 5.87. The van der Waals surface area contributed by atoms with Crippen molar-refractivity contribution in [1.29, 1.82) is 0 Å². The molecule has 0 atom stereocenters. The standard InChI is InChI=1S/C19H21FN2O2/c1-13-4-5-14(2)18(10-13)21-19(24)12-22(15(3)23)11-16-6-8-17(20)9-7-16/h4-10H,11-12H2,1-3H3,(H,21,24). The molecule has 0 aliphatic carbocycles. The summed E-state index contributed by atoms with van der Waals surface area (Å²) in [6.45, 7) is 5.48. The summed E-state index contributed by atoms with van der Waals surface area (Å²) in [7, 11) is 0. The maximum atomic E-state index is 13.0. The smallest absolute Gasteiger partial charge is 0.244 e. The summed E-state index contributed by atoms with van der Waals surface area (Å²) in [5.41, 5.74) is 3.52. The molecule has 2 aromatic rings. The van der Waals surface area contributed by atoms with Crippen LogP contribution in [0.5, 0.6) is 0 Å². The Balaban J connectivity index is 2.04. The molecule has 0 aliphatic rings. The third kappa shape index (κ3) is 4.91. The van der Waals surface area contributed by atoms with Crippen LogP contribution in [0.25, 0.3) is 0 Å². The molecule has 24 heavy (non-hydrogen) atoms. The first kappa shape index (κ1) is 17.7. The van der Waals surface area contributed by atoms with Crippen molar-refractivity contribution in [2.45, 2.75) is 27.3 Å². The Hall–Kier alpha value is -2.69. The lowest BCUT2D eigenvalue weighted by atomic mass is 10.1. The van der Waals surface area contributed by atoms with Crippen LogP contribution >= 0.6 is 0 Å². The zero-order valence-corrected chi connectivity index (χ0v) is 14.1. The van der Waals surface area contributed by atoms with Crippen LogP contribution in [0.4, 0.5) is 10.1 Å². The zero-order chi connectivity index (χ0) is 17.7. The molecular formula is C19H21FN2O2. The van der Waals surface area contributed by atoms with Gasteiger partial charge < -0.3 is 10.2 Å². The van der Waals surface area contributed by atoms with Crippen LogP contribution in [0.2, 0.25) is 0 Å². The van der Waals surface area contributed by atoms with Crippen molar-refractivity contribution in [3.05, 3.63) is 65.0 Å². The highest BCUT2D eigenvalue weighted by Crippen LogP contribution is 2.16. The molecular weight excluding hydrogens is 307 g/mol. The van der Waals surface area contributed by atoms with Crippen LogP contribution < -0.4 is 5.32 Å². The molecule has 0 saturated carbocycles. The fourth-order valence-corrected chi connectivity index (χ4v) is 2.32. The number of aryl methyl sites for hydroxylation is 2. The number of nitrogens with one attached hydrogen (secondary N) is 1. The van der Waals surface area contributed by atoms with Gasteiger partial charge in [-0.15, -0.1) is 0 Å². The highest BCUT2D eigenvalue weighted by molar-refractivity contribution is 5.94. The predicted octanol–water partition coefficient (Wildman–Crippen LogP) is 3.43. The van der Waals surface area contributed by atoms with E-state index in [1.54, 1.807) is 12.1 Å². The SMILES string of the molecule is CC(=O)N(CC(=O)Nc1cc(C)ccc1C)Cc1ccc(F)cc1. The number of amides is 2. The maximum Gasteiger partial charge on any atom is 0.244 e. The molecule has 4 nitrogen and oxygen atoms in total. The van der Waals surface area contributed by atoms with Crippen molar-refractivity contribution in [3.8, 4) is 0 Å². The molecule has 2 aromatic carbocycles. The van der Waals surface area contributed by atoms with E-state index in [-0.39, 0.29) is 30.7 Å². The maximum absolute atomic E-state index is 13.0. The van der Waals surface area contributed by atoms with Crippen LogP contribution in [-0.2, 0) is 16.1 Å². The summed E-state index contributed by atoms with van der Waals surface area (Å²) in [6, 6.07) is 11.7. The summed E-state index contributed by atoms with van der Waals surface area (Å²) in [5.74, 6) is -0.808. The van der Waals surface area contributed by atoms with E-state index in [9.17, 15) is 14.0 Å². The van der Waals surface area contributed by atoms with Gasteiger partial charge in [-0.05, 0) is 48.7 Å². The molecule has 0 heterocycles. The third-order valence-corrected chi connectivity index (χ3v) is 3.73. The second kappa shape index (κ2) is 7.73. The fourth-order valence-electron chi connectivity index (χ4n) is 2.32. The van der Waals surface area contributed by atoms with E-state index in [0.717, 1.165) is 22.4 Å². The molecule has 126 valence electrons. The average Bonchev–Trinajstić information content (AvgIpc) is 2.52. The van der Waals surface area contributed by atoms with Gasteiger partial charge in [0.05, 0.1) is 0 Å². The van der Waals surface area contributed by atoms with Crippen LogP contribution in [0.1, 0.15) is 23.6 Å². The molecule has 0 bridgehead atoms. The number of anilines is 1. The van der Waals surface area contributed by atoms with Crippen LogP contribution in [0.3, 0.4) is 0 Å². The second-order valence-electron chi connectivity index (χ2n) is 5.87. The Bertz CT molecular complexity index is 742. The molecule has 2 amide bonds. The predicted molar refractivity (Wildman–Crippen MR) is 92.0 cm³/mol. The Labute approximate surface area is 141 Å². The average molecular weight is 328 g/mol. The highest BCUT2D eigenvalue weighted by Gasteiger charge is 2.15. The number of hydrogen-bond acceptors (Lipinski definition) is 2. The molecule has 0 radical (unpaired) electrons. The monoisotopic (exact) mass is 328 g/mol. The van der Waals surface area contributed by atoms with Crippen LogP contribution in [-0.4, -0.2) is 23.3 Å². The Kier molecular flexibility index (Phi) is 5.68. The Morgan fingerprint density at radius 3 is 2.38 bits per heavy atom. The molecule has 5 heteroatoms. The van der Waals surface area contributed by atoms with E-state index >= 15 is 0 Å². The molecule has 0 saturated heterocycles. The molecule has 0 unspecified atom stereocenters. The minimum Gasteiger partial charge on any atom is -0.329 e. The van der Waals surface area contributed by atoms with E-state index in [2.05, 4.69) is 5.32 Å². The number of carbonyl (C=O) groups is 2. The minimum absolute atomic E-state index is 0.0555. The first-order valence-electron chi connectivity index (χ1n) is 7.72. The number of halogens is 1. The largest absolute Gasteiger partial charge is 0.329 e. The lowest BCUT2D eigenvalue weighted by molar-refractivity contribution is -0.133.